The van der Waals surface area contributed by atoms with Gasteiger partial charge in [-0.05, 0) is 38.1 Å². The Balaban J connectivity index is 2.24. The van der Waals surface area contributed by atoms with E-state index in [-0.39, 0.29) is 18.6 Å². The number of rotatable bonds is 3. The van der Waals surface area contributed by atoms with E-state index in [4.69, 9.17) is 9.52 Å². The van der Waals surface area contributed by atoms with Crippen LogP contribution in [0.5, 0.6) is 0 Å². The van der Waals surface area contributed by atoms with Crippen molar-refractivity contribution in [2.45, 2.75) is 19.9 Å². The second-order valence-electron chi connectivity index (χ2n) is 4.72. The van der Waals surface area contributed by atoms with Crippen molar-refractivity contribution < 1.29 is 14.3 Å². The van der Waals surface area contributed by atoms with Crippen molar-refractivity contribution in [2.75, 3.05) is 6.61 Å². The number of amides is 1. The predicted octanol–water partition coefficient (Wildman–Crippen LogP) is 2.42. The van der Waals surface area contributed by atoms with Gasteiger partial charge in [0.25, 0.3) is 5.91 Å². The van der Waals surface area contributed by atoms with E-state index < -0.39 is 0 Å². The van der Waals surface area contributed by atoms with Crippen LogP contribution < -0.4 is 5.32 Å². The van der Waals surface area contributed by atoms with Crippen LogP contribution in [0, 0.1) is 18.8 Å². The molecule has 4 nitrogen and oxygen atoms in total. The summed E-state index contributed by atoms with van der Waals surface area (Å²) in [7, 11) is 0. The van der Waals surface area contributed by atoms with Gasteiger partial charge in [-0.25, -0.2) is 0 Å². The fourth-order valence-electron chi connectivity index (χ4n) is 1.97. The maximum Gasteiger partial charge on any atom is 0.253 e. The molecule has 1 atom stereocenters. The summed E-state index contributed by atoms with van der Waals surface area (Å²) < 4.78 is 5.28. The maximum atomic E-state index is 12.4. The summed E-state index contributed by atoms with van der Waals surface area (Å²) in [4.78, 5) is 12.4. The summed E-state index contributed by atoms with van der Waals surface area (Å²) in [5, 5.41) is 11.7. The summed E-state index contributed by atoms with van der Waals surface area (Å²) >= 11 is 0. The van der Waals surface area contributed by atoms with Crippen LogP contribution in [-0.2, 0) is 0 Å². The molecule has 0 saturated carbocycles. The Morgan fingerprint density at radius 2 is 2.24 bits per heavy atom. The molecule has 1 aromatic heterocycles. The Labute approximate surface area is 123 Å². The third kappa shape index (κ3) is 3.74. The zero-order valence-corrected chi connectivity index (χ0v) is 12.0. The minimum absolute atomic E-state index is 0.218. The number of aryl methyl sites for hydroxylation is 1. The molecule has 1 amide bonds. The van der Waals surface area contributed by atoms with Gasteiger partial charge >= 0.3 is 0 Å². The fraction of sp³-hybridized carbons (Fsp3) is 0.235. The summed E-state index contributed by atoms with van der Waals surface area (Å²) in [6.45, 7) is 3.53. The summed E-state index contributed by atoms with van der Waals surface area (Å²) in [6.07, 6.45) is 1.57. The van der Waals surface area contributed by atoms with Crippen LogP contribution in [0.3, 0.4) is 0 Å². The Morgan fingerprint density at radius 1 is 1.43 bits per heavy atom. The molecule has 0 bridgehead atoms. The standard InChI is InChI=1S/C17H17NO3/c1-12-7-8-14(5-3-9-19)15(11-12)17(20)18-13(2)16-6-4-10-21-16/h4,6-8,10-11,13,19H,9H2,1-2H3,(H,18,20). The van der Waals surface area contributed by atoms with Crippen LogP contribution in [0.1, 0.15) is 40.2 Å². The minimum atomic E-state index is -0.238. The second kappa shape index (κ2) is 6.78. The molecule has 0 radical (unpaired) electrons. The van der Waals surface area contributed by atoms with Gasteiger partial charge in [-0.2, -0.15) is 0 Å². The van der Waals surface area contributed by atoms with Crippen LogP contribution in [0.2, 0.25) is 0 Å². The van der Waals surface area contributed by atoms with Crippen molar-refractivity contribution in [2.24, 2.45) is 0 Å². The lowest BCUT2D eigenvalue weighted by molar-refractivity contribution is 0.0935. The molecule has 108 valence electrons. The monoisotopic (exact) mass is 283 g/mol. The molecule has 2 rings (SSSR count). The highest BCUT2D eigenvalue weighted by atomic mass is 16.3. The van der Waals surface area contributed by atoms with Crippen molar-refractivity contribution in [1.29, 1.82) is 0 Å². The Kier molecular flexibility index (Phi) is 4.81. The molecule has 2 aromatic rings. The molecule has 0 aliphatic heterocycles. The van der Waals surface area contributed by atoms with Crippen molar-refractivity contribution in [1.82, 2.24) is 5.32 Å². The molecule has 1 aromatic carbocycles. The molecule has 2 N–H and O–H groups in total. The molecule has 0 spiro atoms. The van der Waals surface area contributed by atoms with Crippen LogP contribution in [-0.4, -0.2) is 17.6 Å². The highest BCUT2D eigenvalue weighted by Gasteiger charge is 2.15. The lowest BCUT2D eigenvalue weighted by atomic mass is 10.0. The highest BCUT2D eigenvalue weighted by Crippen LogP contribution is 2.16. The first kappa shape index (κ1) is 14.9. The molecule has 0 fully saturated rings. The van der Waals surface area contributed by atoms with Gasteiger partial charge in [-0.1, -0.05) is 23.5 Å². The third-order valence-corrected chi connectivity index (χ3v) is 3.04. The van der Waals surface area contributed by atoms with E-state index in [9.17, 15) is 4.79 Å². The van der Waals surface area contributed by atoms with Crippen LogP contribution in [0.4, 0.5) is 0 Å². The SMILES string of the molecule is Cc1ccc(C#CCO)c(C(=O)NC(C)c2ccco2)c1. The van der Waals surface area contributed by atoms with E-state index in [2.05, 4.69) is 17.2 Å². The zero-order chi connectivity index (χ0) is 15.2. The zero-order valence-electron chi connectivity index (χ0n) is 12.0. The molecule has 0 saturated heterocycles. The average molecular weight is 283 g/mol. The lowest BCUT2D eigenvalue weighted by Gasteiger charge is -2.13. The Bertz CT molecular complexity index is 678. The first-order valence-corrected chi connectivity index (χ1v) is 6.66. The fourth-order valence-corrected chi connectivity index (χ4v) is 1.97. The number of furan rings is 1. The topological polar surface area (TPSA) is 62.5 Å². The van der Waals surface area contributed by atoms with E-state index in [1.165, 1.54) is 0 Å². The smallest absolute Gasteiger partial charge is 0.253 e. The number of aliphatic hydroxyl groups excluding tert-OH is 1. The number of carbonyl (C=O) groups excluding carboxylic acids is 1. The van der Waals surface area contributed by atoms with Crippen LogP contribution >= 0.6 is 0 Å². The second-order valence-corrected chi connectivity index (χ2v) is 4.72. The molecular weight excluding hydrogens is 266 g/mol. The van der Waals surface area contributed by atoms with E-state index in [1.54, 1.807) is 24.5 Å². The molecule has 21 heavy (non-hydrogen) atoms. The van der Waals surface area contributed by atoms with Gasteiger partial charge in [0.1, 0.15) is 12.4 Å². The van der Waals surface area contributed by atoms with Crippen molar-refractivity contribution in [3.05, 3.63) is 59.0 Å². The predicted molar refractivity (Wildman–Crippen MR) is 79.7 cm³/mol. The van der Waals surface area contributed by atoms with Gasteiger partial charge in [0, 0.05) is 5.56 Å². The number of hydrogen-bond donors (Lipinski definition) is 2. The van der Waals surface area contributed by atoms with Gasteiger partial charge in [0.15, 0.2) is 0 Å². The average Bonchev–Trinajstić information content (AvgIpc) is 3.00. The van der Waals surface area contributed by atoms with E-state index >= 15 is 0 Å². The van der Waals surface area contributed by atoms with Crippen molar-refractivity contribution >= 4 is 5.91 Å². The maximum absolute atomic E-state index is 12.4. The van der Waals surface area contributed by atoms with Crippen molar-refractivity contribution in [3.8, 4) is 11.8 Å². The van der Waals surface area contributed by atoms with E-state index in [0.29, 0.717) is 16.9 Å². The van der Waals surface area contributed by atoms with Crippen LogP contribution in [0.15, 0.2) is 41.0 Å². The molecule has 1 heterocycles. The summed E-state index contributed by atoms with van der Waals surface area (Å²) in [5.74, 6) is 5.84. The van der Waals surface area contributed by atoms with E-state index in [0.717, 1.165) is 5.56 Å². The molecule has 0 aliphatic carbocycles. The first-order chi connectivity index (χ1) is 10.1. The van der Waals surface area contributed by atoms with E-state index in [1.807, 2.05) is 26.0 Å². The first-order valence-electron chi connectivity index (χ1n) is 6.66. The summed E-state index contributed by atoms with van der Waals surface area (Å²) in [5.41, 5.74) is 2.06. The summed E-state index contributed by atoms with van der Waals surface area (Å²) in [6, 6.07) is 8.81. The van der Waals surface area contributed by atoms with Crippen molar-refractivity contribution in [3.63, 3.8) is 0 Å². The normalized spacial score (nSPS) is 11.4. The van der Waals surface area contributed by atoms with Gasteiger partial charge in [0.05, 0.1) is 17.9 Å². The lowest BCUT2D eigenvalue weighted by Crippen LogP contribution is -2.27. The number of nitrogens with one attached hydrogen (secondary N) is 1. The molecule has 4 heteroatoms. The van der Waals surface area contributed by atoms with Gasteiger partial charge in [-0.15, -0.1) is 0 Å². The van der Waals surface area contributed by atoms with Gasteiger partial charge in [-0.3, -0.25) is 4.79 Å². The van der Waals surface area contributed by atoms with Gasteiger partial charge < -0.3 is 14.8 Å². The quantitative estimate of drug-likeness (QED) is 0.850. The number of hydrogen-bond acceptors (Lipinski definition) is 3. The Hall–Kier alpha value is -2.51. The molecule has 0 aliphatic rings. The third-order valence-electron chi connectivity index (χ3n) is 3.04. The Morgan fingerprint density at radius 3 is 2.90 bits per heavy atom. The highest BCUT2D eigenvalue weighted by molar-refractivity contribution is 5.97. The van der Waals surface area contributed by atoms with Crippen LogP contribution in [0.25, 0.3) is 0 Å². The minimum Gasteiger partial charge on any atom is -0.467 e. The number of benzene rings is 1. The molecule has 1 unspecified atom stereocenters. The number of aliphatic hydroxyl groups is 1. The molecular formula is C17H17NO3. The number of carbonyl (C=O) groups is 1. The van der Waals surface area contributed by atoms with Gasteiger partial charge in [0.2, 0.25) is 0 Å². The largest absolute Gasteiger partial charge is 0.467 e.